The maximum Gasteiger partial charge on any atom is 0.455 e. The fourth-order valence-corrected chi connectivity index (χ4v) is 1.98. The third kappa shape index (κ3) is 3.84. The van der Waals surface area contributed by atoms with Crippen LogP contribution in [-0.4, -0.2) is 25.8 Å². The number of hydrogen-bond donors (Lipinski definition) is 1. The van der Waals surface area contributed by atoms with E-state index < -0.39 is 18.1 Å². The molecule has 1 N–H and O–H groups in total. The fraction of sp³-hybridized carbons (Fsp3) is 0.571. The lowest BCUT2D eigenvalue weighted by Gasteiger charge is -2.30. The van der Waals surface area contributed by atoms with Crippen molar-refractivity contribution in [2.45, 2.75) is 38.4 Å². The molecule has 0 aromatic heterocycles. The highest BCUT2D eigenvalue weighted by molar-refractivity contribution is 5.37. The first-order valence-electron chi connectivity index (χ1n) is 6.47. The fourth-order valence-electron chi connectivity index (χ4n) is 1.98. The predicted octanol–water partition coefficient (Wildman–Crippen LogP) is 4.24. The van der Waals surface area contributed by atoms with Crippen molar-refractivity contribution in [1.82, 2.24) is 5.32 Å². The monoisotopic (exact) mass is 311 g/mol. The maximum atomic E-state index is 13.7. The number of alkyl halides is 5. The van der Waals surface area contributed by atoms with Gasteiger partial charge in [0.25, 0.3) is 0 Å². The summed E-state index contributed by atoms with van der Waals surface area (Å²) in [5, 5.41) is 2.30. The van der Waals surface area contributed by atoms with Crippen LogP contribution in [0.1, 0.15) is 30.5 Å². The number of aryl methyl sites for hydroxylation is 1. The Bertz CT molecular complexity index is 473. The minimum Gasteiger partial charge on any atom is -0.497 e. The van der Waals surface area contributed by atoms with Crippen molar-refractivity contribution in [3.05, 3.63) is 29.3 Å². The molecule has 0 amide bonds. The Hall–Kier alpha value is -1.37. The van der Waals surface area contributed by atoms with Gasteiger partial charge in [-0.1, -0.05) is 13.0 Å². The van der Waals surface area contributed by atoms with Gasteiger partial charge >= 0.3 is 12.1 Å². The molecule has 0 aliphatic heterocycles. The molecule has 1 aromatic rings. The van der Waals surface area contributed by atoms with E-state index >= 15 is 0 Å². The van der Waals surface area contributed by atoms with Crippen LogP contribution in [0.3, 0.4) is 0 Å². The molecule has 21 heavy (non-hydrogen) atoms. The number of benzene rings is 1. The van der Waals surface area contributed by atoms with Crippen LogP contribution in [0, 0.1) is 6.92 Å². The number of ether oxygens (including phenoxy) is 1. The van der Waals surface area contributed by atoms with Crippen LogP contribution in [0.15, 0.2) is 18.2 Å². The SMILES string of the molecule is CCCNC(c1ccc(OC)cc1C)C(F)(F)C(F)(F)F. The standard InChI is InChI=1S/C14H18F5NO/c1-4-7-20-12(13(15,16)14(17,18)19)11-6-5-10(21-3)8-9(11)2/h5-6,8,12,20H,4,7H2,1-3H3. The topological polar surface area (TPSA) is 21.3 Å². The molecule has 0 heterocycles. The second-order valence-electron chi connectivity index (χ2n) is 4.73. The Morgan fingerprint density at radius 1 is 1.19 bits per heavy atom. The molecule has 120 valence electrons. The van der Waals surface area contributed by atoms with Gasteiger partial charge in [-0.3, -0.25) is 0 Å². The highest BCUT2D eigenvalue weighted by atomic mass is 19.4. The summed E-state index contributed by atoms with van der Waals surface area (Å²) in [4.78, 5) is 0. The minimum absolute atomic E-state index is 0.0573. The van der Waals surface area contributed by atoms with E-state index in [9.17, 15) is 22.0 Å². The van der Waals surface area contributed by atoms with Gasteiger partial charge in [0.05, 0.1) is 7.11 Å². The van der Waals surface area contributed by atoms with E-state index in [0.29, 0.717) is 17.7 Å². The van der Waals surface area contributed by atoms with Gasteiger partial charge < -0.3 is 10.1 Å². The van der Waals surface area contributed by atoms with Crippen LogP contribution >= 0.6 is 0 Å². The number of methoxy groups -OCH3 is 1. The lowest BCUT2D eigenvalue weighted by molar-refractivity contribution is -0.294. The van der Waals surface area contributed by atoms with Crippen LogP contribution in [-0.2, 0) is 0 Å². The molecule has 0 bridgehead atoms. The van der Waals surface area contributed by atoms with Gasteiger partial charge in [-0.25, -0.2) is 0 Å². The summed E-state index contributed by atoms with van der Waals surface area (Å²) in [6.07, 6.45) is -5.18. The normalized spacial score (nSPS) is 14.1. The van der Waals surface area contributed by atoms with Crippen LogP contribution < -0.4 is 10.1 Å². The highest BCUT2D eigenvalue weighted by Gasteiger charge is 2.62. The molecule has 0 saturated heterocycles. The zero-order chi connectivity index (χ0) is 16.3. The first kappa shape index (κ1) is 17.7. The second kappa shape index (κ2) is 6.60. The molecular formula is C14H18F5NO. The molecule has 0 fully saturated rings. The summed E-state index contributed by atoms with van der Waals surface area (Å²) in [6, 6.07) is 1.92. The average molecular weight is 311 g/mol. The quantitative estimate of drug-likeness (QED) is 0.793. The van der Waals surface area contributed by atoms with Gasteiger partial charge in [0.15, 0.2) is 0 Å². The van der Waals surface area contributed by atoms with Crippen molar-refractivity contribution in [1.29, 1.82) is 0 Å². The van der Waals surface area contributed by atoms with Crippen molar-refractivity contribution in [2.24, 2.45) is 0 Å². The average Bonchev–Trinajstić information content (AvgIpc) is 2.39. The Balaban J connectivity index is 3.25. The Morgan fingerprint density at radius 2 is 1.81 bits per heavy atom. The Morgan fingerprint density at radius 3 is 2.24 bits per heavy atom. The summed E-state index contributed by atoms with van der Waals surface area (Å²) in [5.41, 5.74) is 0.221. The molecule has 0 aliphatic carbocycles. The summed E-state index contributed by atoms with van der Waals surface area (Å²) in [7, 11) is 1.39. The lowest BCUT2D eigenvalue weighted by atomic mass is 9.95. The molecular weight excluding hydrogens is 293 g/mol. The van der Waals surface area contributed by atoms with Gasteiger partial charge in [-0.15, -0.1) is 0 Å². The van der Waals surface area contributed by atoms with Gasteiger partial charge in [0.2, 0.25) is 0 Å². The van der Waals surface area contributed by atoms with Crippen LogP contribution in [0.2, 0.25) is 0 Å². The van der Waals surface area contributed by atoms with E-state index in [-0.39, 0.29) is 12.1 Å². The van der Waals surface area contributed by atoms with E-state index in [1.165, 1.54) is 32.2 Å². The zero-order valence-corrected chi connectivity index (χ0v) is 12.0. The Labute approximate surface area is 120 Å². The molecule has 1 atom stereocenters. The molecule has 7 heteroatoms. The first-order valence-corrected chi connectivity index (χ1v) is 6.47. The largest absolute Gasteiger partial charge is 0.497 e. The summed E-state index contributed by atoms with van der Waals surface area (Å²) in [6.45, 7) is 3.23. The second-order valence-corrected chi connectivity index (χ2v) is 4.73. The van der Waals surface area contributed by atoms with E-state index in [2.05, 4.69) is 5.32 Å². The number of nitrogens with one attached hydrogen (secondary N) is 1. The number of hydrogen-bond acceptors (Lipinski definition) is 2. The number of halogens is 5. The van der Waals surface area contributed by atoms with Crippen LogP contribution in [0.4, 0.5) is 22.0 Å². The van der Waals surface area contributed by atoms with Gasteiger partial charge in [0.1, 0.15) is 11.8 Å². The third-order valence-electron chi connectivity index (χ3n) is 3.13. The van der Waals surface area contributed by atoms with E-state index in [1.54, 1.807) is 6.92 Å². The molecule has 0 radical (unpaired) electrons. The third-order valence-corrected chi connectivity index (χ3v) is 3.13. The van der Waals surface area contributed by atoms with Crippen LogP contribution in [0.5, 0.6) is 5.75 Å². The molecule has 2 nitrogen and oxygen atoms in total. The van der Waals surface area contributed by atoms with E-state index in [4.69, 9.17) is 4.74 Å². The highest BCUT2D eigenvalue weighted by Crippen LogP contribution is 2.45. The van der Waals surface area contributed by atoms with Gasteiger partial charge in [-0.2, -0.15) is 22.0 Å². The number of rotatable bonds is 6. The smallest absolute Gasteiger partial charge is 0.455 e. The minimum atomic E-state index is -5.62. The molecule has 0 saturated carbocycles. The molecule has 1 aromatic carbocycles. The molecule has 1 unspecified atom stereocenters. The van der Waals surface area contributed by atoms with Crippen molar-refractivity contribution < 1.29 is 26.7 Å². The maximum absolute atomic E-state index is 13.7. The van der Waals surface area contributed by atoms with Crippen molar-refractivity contribution in [3.8, 4) is 5.75 Å². The van der Waals surface area contributed by atoms with Gasteiger partial charge in [-0.05, 0) is 43.1 Å². The van der Waals surface area contributed by atoms with Crippen molar-refractivity contribution >= 4 is 0 Å². The Kier molecular flexibility index (Phi) is 5.55. The van der Waals surface area contributed by atoms with Crippen LogP contribution in [0.25, 0.3) is 0 Å². The van der Waals surface area contributed by atoms with Crippen molar-refractivity contribution in [2.75, 3.05) is 13.7 Å². The molecule has 0 aliphatic rings. The molecule has 0 spiro atoms. The summed E-state index contributed by atoms with van der Waals surface area (Å²) in [5.74, 6) is -4.46. The van der Waals surface area contributed by atoms with Gasteiger partial charge in [0, 0.05) is 0 Å². The summed E-state index contributed by atoms with van der Waals surface area (Å²) >= 11 is 0. The molecule has 1 rings (SSSR count). The predicted molar refractivity (Wildman–Crippen MR) is 69.8 cm³/mol. The summed E-state index contributed by atoms with van der Waals surface area (Å²) < 4.78 is 70.4. The van der Waals surface area contributed by atoms with E-state index in [0.717, 1.165) is 0 Å². The lowest BCUT2D eigenvalue weighted by Crippen LogP contribution is -2.48. The van der Waals surface area contributed by atoms with Crippen molar-refractivity contribution in [3.63, 3.8) is 0 Å². The zero-order valence-electron chi connectivity index (χ0n) is 12.0. The van der Waals surface area contributed by atoms with E-state index in [1.807, 2.05) is 0 Å². The first-order chi connectivity index (χ1) is 9.65.